The van der Waals surface area contributed by atoms with E-state index in [1.165, 1.54) is 17.1 Å². The number of hydrogen-bond acceptors (Lipinski definition) is 6. The van der Waals surface area contributed by atoms with Crippen molar-refractivity contribution in [3.63, 3.8) is 0 Å². The van der Waals surface area contributed by atoms with Crippen molar-refractivity contribution < 1.29 is 14.3 Å². The fourth-order valence-corrected chi connectivity index (χ4v) is 3.61. The summed E-state index contributed by atoms with van der Waals surface area (Å²) in [5.74, 6) is 0.501. The summed E-state index contributed by atoms with van der Waals surface area (Å²) in [5, 5.41) is 17.0. The van der Waals surface area contributed by atoms with Gasteiger partial charge in [0, 0.05) is 49.4 Å². The Morgan fingerprint density at radius 3 is 2.82 bits per heavy atom. The van der Waals surface area contributed by atoms with Crippen molar-refractivity contribution in [2.24, 2.45) is 0 Å². The number of rotatable bonds is 4. The number of anilines is 1. The normalized spacial score (nSPS) is 15.1. The van der Waals surface area contributed by atoms with Gasteiger partial charge in [-0.1, -0.05) is 11.6 Å². The van der Waals surface area contributed by atoms with Crippen molar-refractivity contribution >= 4 is 34.1 Å². The maximum Gasteiger partial charge on any atom is 0.261 e. The average molecular weight is 402 g/mol. The highest BCUT2D eigenvalue weighted by molar-refractivity contribution is 6.32. The number of aromatic nitrogens is 3. The predicted octanol–water partition coefficient (Wildman–Crippen LogP) is 1.79. The predicted molar refractivity (Wildman–Crippen MR) is 106 cm³/mol. The van der Waals surface area contributed by atoms with E-state index in [1.54, 1.807) is 19.4 Å². The van der Waals surface area contributed by atoms with Crippen LogP contribution >= 0.6 is 11.6 Å². The highest BCUT2D eigenvalue weighted by Crippen LogP contribution is 2.29. The van der Waals surface area contributed by atoms with E-state index in [-0.39, 0.29) is 12.5 Å². The molecule has 3 heterocycles. The molecule has 2 aromatic heterocycles. The third kappa shape index (κ3) is 3.61. The Balaban J connectivity index is 1.40. The summed E-state index contributed by atoms with van der Waals surface area (Å²) in [6.07, 6.45) is 4.36. The van der Waals surface area contributed by atoms with Crippen LogP contribution < -0.4 is 14.4 Å². The van der Waals surface area contributed by atoms with Crippen LogP contribution in [0.25, 0.3) is 10.9 Å². The van der Waals surface area contributed by atoms with Gasteiger partial charge in [-0.2, -0.15) is 14.5 Å². The van der Waals surface area contributed by atoms with Crippen LogP contribution in [-0.2, 0) is 0 Å². The summed E-state index contributed by atoms with van der Waals surface area (Å²) < 4.78 is 7.27. The van der Waals surface area contributed by atoms with Crippen LogP contribution in [0.4, 0.5) is 5.69 Å². The molecule has 1 fully saturated rings. The van der Waals surface area contributed by atoms with Crippen molar-refractivity contribution in [3.05, 3.63) is 53.1 Å². The molecule has 3 aromatic rings. The largest absolute Gasteiger partial charge is 0.619 e. The zero-order valence-corrected chi connectivity index (χ0v) is 16.2. The summed E-state index contributed by atoms with van der Waals surface area (Å²) >= 11 is 6.10. The van der Waals surface area contributed by atoms with E-state index < -0.39 is 0 Å². The van der Waals surface area contributed by atoms with Gasteiger partial charge in [0.15, 0.2) is 6.20 Å². The first-order chi connectivity index (χ1) is 13.5. The van der Waals surface area contributed by atoms with Crippen LogP contribution in [0.1, 0.15) is 4.79 Å². The molecule has 0 amide bonds. The Hall–Kier alpha value is -2.84. The zero-order valence-electron chi connectivity index (χ0n) is 15.4. The summed E-state index contributed by atoms with van der Waals surface area (Å²) in [6, 6.07) is 7.38. The minimum absolute atomic E-state index is 0.150. The van der Waals surface area contributed by atoms with E-state index in [2.05, 4.69) is 14.9 Å². The monoisotopic (exact) mass is 401 g/mol. The van der Waals surface area contributed by atoms with E-state index in [1.807, 2.05) is 18.2 Å². The SMILES string of the molecule is COc1cc(N2CCN(CC(=O)n3ncc4cc[n+]([O-])cc43)CC2)ccc1Cl. The number of pyridine rings is 1. The number of methoxy groups -OCH3 is 1. The second kappa shape index (κ2) is 7.65. The molecule has 0 N–H and O–H groups in total. The molecule has 8 nitrogen and oxygen atoms in total. The van der Waals surface area contributed by atoms with E-state index in [0.29, 0.717) is 21.0 Å². The summed E-state index contributed by atoms with van der Waals surface area (Å²) in [6.45, 7) is 3.33. The summed E-state index contributed by atoms with van der Waals surface area (Å²) in [7, 11) is 1.60. The number of piperazine rings is 1. The maximum absolute atomic E-state index is 12.7. The zero-order chi connectivity index (χ0) is 19.7. The lowest BCUT2D eigenvalue weighted by Gasteiger charge is -2.35. The number of hydrogen-bond donors (Lipinski definition) is 0. The number of benzene rings is 1. The first-order valence-electron chi connectivity index (χ1n) is 8.96. The van der Waals surface area contributed by atoms with Crippen molar-refractivity contribution in [1.29, 1.82) is 0 Å². The van der Waals surface area contributed by atoms with Crippen LogP contribution in [-0.4, -0.2) is 60.4 Å². The molecule has 1 aromatic carbocycles. The molecule has 0 unspecified atom stereocenters. The van der Waals surface area contributed by atoms with Crippen molar-refractivity contribution in [2.75, 3.05) is 44.7 Å². The van der Waals surface area contributed by atoms with Gasteiger partial charge >= 0.3 is 0 Å². The van der Waals surface area contributed by atoms with Gasteiger partial charge in [-0.25, -0.2) is 0 Å². The standard InChI is InChI=1S/C19H20ClN5O3/c1-28-18-10-15(2-3-16(18)20)23-8-6-22(7-9-23)13-19(26)25-17-12-24(27)5-4-14(17)11-21-25/h2-5,10-12H,6-9,13H2,1H3. The molecule has 1 aliphatic heterocycles. The third-order valence-electron chi connectivity index (χ3n) is 4.95. The highest BCUT2D eigenvalue weighted by atomic mass is 35.5. The molecule has 0 spiro atoms. The number of ether oxygens (including phenoxy) is 1. The topological polar surface area (TPSA) is 77.5 Å². The molecule has 0 radical (unpaired) electrons. The molecule has 1 saturated heterocycles. The third-order valence-corrected chi connectivity index (χ3v) is 5.27. The number of halogens is 1. The smallest absolute Gasteiger partial charge is 0.261 e. The van der Waals surface area contributed by atoms with E-state index in [4.69, 9.17) is 16.3 Å². The van der Waals surface area contributed by atoms with E-state index in [9.17, 15) is 10.0 Å². The summed E-state index contributed by atoms with van der Waals surface area (Å²) in [5.41, 5.74) is 1.57. The lowest BCUT2D eigenvalue weighted by atomic mass is 10.2. The Morgan fingerprint density at radius 1 is 1.29 bits per heavy atom. The molecular weight excluding hydrogens is 382 g/mol. The molecule has 0 aliphatic carbocycles. The number of nitrogens with zero attached hydrogens (tertiary/aromatic N) is 5. The molecule has 1 aliphatic rings. The molecule has 28 heavy (non-hydrogen) atoms. The second-order valence-electron chi connectivity index (χ2n) is 6.68. The first-order valence-corrected chi connectivity index (χ1v) is 9.33. The highest BCUT2D eigenvalue weighted by Gasteiger charge is 2.22. The molecular formula is C19H20ClN5O3. The summed E-state index contributed by atoms with van der Waals surface area (Å²) in [4.78, 5) is 17.0. The molecule has 0 saturated carbocycles. The van der Waals surface area contributed by atoms with Gasteiger partial charge < -0.3 is 14.8 Å². The van der Waals surface area contributed by atoms with Crippen LogP contribution in [0.3, 0.4) is 0 Å². The Labute approximate surface area is 167 Å². The fraction of sp³-hybridized carbons (Fsp3) is 0.316. The maximum atomic E-state index is 12.7. The Morgan fingerprint density at radius 2 is 2.07 bits per heavy atom. The molecule has 4 rings (SSSR count). The van der Waals surface area contributed by atoms with Crippen LogP contribution in [0.5, 0.6) is 5.75 Å². The Bertz CT molecular complexity index is 1010. The molecule has 9 heteroatoms. The van der Waals surface area contributed by atoms with E-state index in [0.717, 1.165) is 37.3 Å². The van der Waals surface area contributed by atoms with E-state index >= 15 is 0 Å². The number of carbonyl (C=O) groups excluding carboxylic acids is 1. The van der Waals surface area contributed by atoms with Gasteiger partial charge in [-0.05, 0) is 12.1 Å². The van der Waals surface area contributed by atoms with Crippen LogP contribution in [0.15, 0.2) is 42.9 Å². The fourth-order valence-electron chi connectivity index (χ4n) is 3.41. The van der Waals surface area contributed by atoms with Gasteiger partial charge in [-0.15, -0.1) is 0 Å². The van der Waals surface area contributed by atoms with Crippen molar-refractivity contribution in [2.45, 2.75) is 0 Å². The first kappa shape index (κ1) is 18.5. The minimum Gasteiger partial charge on any atom is -0.619 e. The number of carbonyl (C=O) groups is 1. The van der Waals surface area contributed by atoms with Crippen molar-refractivity contribution in [3.8, 4) is 5.75 Å². The van der Waals surface area contributed by atoms with Gasteiger partial charge in [0.05, 0.1) is 24.9 Å². The quantitative estimate of drug-likeness (QED) is 0.490. The molecule has 146 valence electrons. The Kier molecular flexibility index (Phi) is 5.06. The second-order valence-corrected chi connectivity index (χ2v) is 7.08. The number of fused-ring (bicyclic) bond motifs is 1. The van der Waals surface area contributed by atoms with Gasteiger partial charge in [-0.3, -0.25) is 9.69 Å². The lowest BCUT2D eigenvalue weighted by molar-refractivity contribution is -0.604. The molecule has 0 atom stereocenters. The minimum atomic E-state index is -0.150. The van der Waals surface area contributed by atoms with Crippen LogP contribution in [0, 0.1) is 5.21 Å². The van der Waals surface area contributed by atoms with Gasteiger partial charge in [0.2, 0.25) is 6.20 Å². The van der Waals surface area contributed by atoms with Crippen molar-refractivity contribution in [1.82, 2.24) is 14.7 Å². The van der Waals surface area contributed by atoms with Crippen LogP contribution in [0.2, 0.25) is 5.02 Å². The van der Waals surface area contributed by atoms with Gasteiger partial charge in [0.1, 0.15) is 11.3 Å². The molecule has 0 bridgehead atoms. The lowest BCUT2D eigenvalue weighted by Crippen LogP contribution is -2.48. The average Bonchev–Trinajstić information content (AvgIpc) is 3.12. The van der Waals surface area contributed by atoms with Gasteiger partial charge in [0.25, 0.3) is 5.91 Å².